The maximum absolute atomic E-state index is 12.5. The Balaban J connectivity index is 2.92. The molecule has 0 aliphatic heterocycles. The maximum atomic E-state index is 12.5. The molecule has 0 heterocycles. The van der Waals surface area contributed by atoms with Crippen LogP contribution in [0, 0.1) is 5.41 Å². The first kappa shape index (κ1) is 13.4. The minimum Gasteiger partial charge on any atom is -0.392 e. The van der Waals surface area contributed by atoms with E-state index in [9.17, 15) is 4.79 Å². The molecule has 1 saturated carbocycles. The van der Waals surface area contributed by atoms with Gasteiger partial charge in [0.1, 0.15) is 0 Å². The van der Waals surface area contributed by atoms with Crippen LogP contribution in [0.3, 0.4) is 0 Å². The number of thiocarbonyl (C=S) groups is 1. The number of hydrogen-bond donors (Lipinski definition) is 1. The third kappa shape index (κ3) is 2.37. The molecule has 3 nitrogen and oxygen atoms in total. The molecule has 92 valence electrons. The Labute approximate surface area is 103 Å². The van der Waals surface area contributed by atoms with E-state index in [1.54, 1.807) is 0 Å². The van der Waals surface area contributed by atoms with E-state index in [0.717, 1.165) is 38.8 Å². The molecule has 0 saturated heterocycles. The number of carbonyl (C=O) groups excluding carboxylic acids is 1. The first-order valence-corrected chi connectivity index (χ1v) is 6.58. The summed E-state index contributed by atoms with van der Waals surface area (Å²) in [6.07, 6.45) is 4.97. The van der Waals surface area contributed by atoms with Crippen LogP contribution in [-0.4, -0.2) is 28.9 Å². The average Bonchev–Trinajstić information content (AvgIpc) is 2.31. The van der Waals surface area contributed by atoms with Crippen LogP contribution < -0.4 is 5.73 Å². The second-order valence-corrected chi connectivity index (χ2v) is 4.92. The van der Waals surface area contributed by atoms with Gasteiger partial charge >= 0.3 is 0 Å². The highest BCUT2D eigenvalue weighted by Gasteiger charge is 2.43. The van der Waals surface area contributed by atoms with E-state index in [2.05, 4.69) is 0 Å². The highest BCUT2D eigenvalue weighted by molar-refractivity contribution is 7.80. The van der Waals surface area contributed by atoms with Gasteiger partial charge in [0.15, 0.2) is 0 Å². The SMILES string of the molecule is CCN(CC)C(=O)C1(C(N)=S)CCCCC1. The lowest BCUT2D eigenvalue weighted by molar-refractivity contribution is -0.139. The van der Waals surface area contributed by atoms with Gasteiger partial charge in [-0.1, -0.05) is 31.5 Å². The van der Waals surface area contributed by atoms with Crippen molar-refractivity contribution < 1.29 is 4.79 Å². The van der Waals surface area contributed by atoms with Crippen molar-refractivity contribution in [3.05, 3.63) is 0 Å². The minimum atomic E-state index is -0.542. The van der Waals surface area contributed by atoms with Crippen molar-refractivity contribution in [1.29, 1.82) is 0 Å². The molecule has 1 fully saturated rings. The molecule has 1 rings (SSSR count). The van der Waals surface area contributed by atoms with Gasteiger partial charge in [-0.2, -0.15) is 0 Å². The summed E-state index contributed by atoms with van der Waals surface area (Å²) in [7, 11) is 0. The number of nitrogens with two attached hydrogens (primary N) is 1. The van der Waals surface area contributed by atoms with Crippen LogP contribution >= 0.6 is 12.2 Å². The van der Waals surface area contributed by atoms with Crippen molar-refractivity contribution in [2.24, 2.45) is 11.1 Å². The summed E-state index contributed by atoms with van der Waals surface area (Å²) >= 11 is 5.15. The van der Waals surface area contributed by atoms with Crippen LogP contribution in [0.1, 0.15) is 46.0 Å². The molecule has 0 atom stereocenters. The van der Waals surface area contributed by atoms with Crippen molar-refractivity contribution in [1.82, 2.24) is 4.90 Å². The Morgan fingerprint density at radius 3 is 2.12 bits per heavy atom. The van der Waals surface area contributed by atoms with Crippen molar-refractivity contribution in [2.45, 2.75) is 46.0 Å². The van der Waals surface area contributed by atoms with Crippen molar-refractivity contribution in [3.8, 4) is 0 Å². The van der Waals surface area contributed by atoms with Gasteiger partial charge in [0.2, 0.25) is 5.91 Å². The fourth-order valence-corrected chi connectivity index (χ4v) is 2.83. The fraction of sp³-hybridized carbons (Fsp3) is 0.833. The molecule has 0 radical (unpaired) electrons. The zero-order chi connectivity index (χ0) is 12.2. The highest BCUT2D eigenvalue weighted by Crippen LogP contribution is 2.38. The molecule has 1 aliphatic carbocycles. The molecule has 0 unspecified atom stereocenters. The molecule has 0 aromatic heterocycles. The first-order valence-electron chi connectivity index (χ1n) is 6.17. The van der Waals surface area contributed by atoms with Crippen LogP contribution in [0.15, 0.2) is 0 Å². The Morgan fingerprint density at radius 2 is 1.75 bits per heavy atom. The number of hydrogen-bond acceptors (Lipinski definition) is 2. The molecule has 0 bridgehead atoms. The van der Waals surface area contributed by atoms with Crippen LogP contribution in [0.25, 0.3) is 0 Å². The molecule has 1 aliphatic rings. The lowest BCUT2D eigenvalue weighted by Crippen LogP contribution is -2.51. The molecule has 0 spiro atoms. The Kier molecular flexibility index (Phi) is 4.71. The summed E-state index contributed by atoms with van der Waals surface area (Å²) in [6.45, 7) is 5.47. The number of rotatable bonds is 4. The first-order chi connectivity index (χ1) is 7.58. The van der Waals surface area contributed by atoms with Gasteiger partial charge in [0.25, 0.3) is 0 Å². The topological polar surface area (TPSA) is 46.3 Å². The predicted molar refractivity (Wildman–Crippen MR) is 70.2 cm³/mol. The standard InChI is InChI=1S/C12H22N2OS/c1-3-14(4-2)11(15)12(10(13)16)8-6-5-7-9-12/h3-9H2,1-2H3,(H2,13,16). The van der Waals surface area contributed by atoms with Gasteiger partial charge < -0.3 is 10.6 Å². The van der Waals surface area contributed by atoms with E-state index in [4.69, 9.17) is 18.0 Å². The smallest absolute Gasteiger partial charge is 0.235 e. The summed E-state index contributed by atoms with van der Waals surface area (Å²) in [5.41, 5.74) is 5.29. The molecule has 2 N–H and O–H groups in total. The van der Waals surface area contributed by atoms with Crippen LogP contribution in [0.4, 0.5) is 0 Å². The van der Waals surface area contributed by atoms with E-state index in [0.29, 0.717) is 4.99 Å². The van der Waals surface area contributed by atoms with Gasteiger partial charge in [-0.15, -0.1) is 0 Å². The third-order valence-corrected chi connectivity index (χ3v) is 4.03. The number of amides is 1. The zero-order valence-corrected chi connectivity index (χ0v) is 11.1. The third-order valence-electron chi connectivity index (χ3n) is 3.64. The summed E-state index contributed by atoms with van der Waals surface area (Å²) in [5.74, 6) is 0.143. The van der Waals surface area contributed by atoms with Gasteiger partial charge in [-0.3, -0.25) is 4.79 Å². The Hall–Kier alpha value is -0.640. The largest absolute Gasteiger partial charge is 0.392 e. The molecule has 0 aromatic rings. The van der Waals surface area contributed by atoms with Crippen molar-refractivity contribution in [3.63, 3.8) is 0 Å². The average molecular weight is 242 g/mol. The second kappa shape index (κ2) is 5.62. The van der Waals surface area contributed by atoms with Gasteiger partial charge in [-0.25, -0.2) is 0 Å². The highest BCUT2D eigenvalue weighted by atomic mass is 32.1. The van der Waals surface area contributed by atoms with Gasteiger partial charge in [0, 0.05) is 13.1 Å². The van der Waals surface area contributed by atoms with Crippen LogP contribution in [0.2, 0.25) is 0 Å². The van der Waals surface area contributed by atoms with E-state index < -0.39 is 5.41 Å². The summed E-state index contributed by atoms with van der Waals surface area (Å²) in [5, 5.41) is 0. The molecular weight excluding hydrogens is 220 g/mol. The fourth-order valence-electron chi connectivity index (χ4n) is 2.53. The zero-order valence-electron chi connectivity index (χ0n) is 10.3. The predicted octanol–water partition coefficient (Wildman–Crippen LogP) is 2.09. The van der Waals surface area contributed by atoms with E-state index in [1.807, 2.05) is 18.7 Å². The maximum Gasteiger partial charge on any atom is 0.235 e. The van der Waals surface area contributed by atoms with Gasteiger partial charge in [0.05, 0.1) is 10.4 Å². The van der Waals surface area contributed by atoms with E-state index in [1.165, 1.54) is 6.42 Å². The molecular formula is C12H22N2OS. The number of carbonyl (C=O) groups is 1. The minimum absolute atomic E-state index is 0.143. The molecule has 0 aromatic carbocycles. The Bertz CT molecular complexity index is 268. The normalized spacial score (nSPS) is 19.1. The molecule has 16 heavy (non-hydrogen) atoms. The quantitative estimate of drug-likeness (QED) is 0.768. The summed E-state index contributed by atoms with van der Waals surface area (Å²) in [6, 6.07) is 0. The summed E-state index contributed by atoms with van der Waals surface area (Å²) < 4.78 is 0. The van der Waals surface area contributed by atoms with Crippen molar-refractivity contribution >= 4 is 23.1 Å². The van der Waals surface area contributed by atoms with Gasteiger partial charge in [-0.05, 0) is 26.7 Å². The van der Waals surface area contributed by atoms with E-state index >= 15 is 0 Å². The van der Waals surface area contributed by atoms with E-state index in [-0.39, 0.29) is 5.91 Å². The summed E-state index contributed by atoms with van der Waals surface area (Å²) in [4.78, 5) is 14.7. The molecule has 1 amide bonds. The monoisotopic (exact) mass is 242 g/mol. The Morgan fingerprint density at radius 1 is 1.25 bits per heavy atom. The molecule has 4 heteroatoms. The van der Waals surface area contributed by atoms with Crippen LogP contribution in [-0.2, 0) is 4.79 Å². The lowest BCUT2D eigenvalue weighted by Gasteiger charge is -2.38. The van der Waals surface area contributed by atoms with Crippen LogP contribution in [0.5, 0.6) is 0 Å². The van der Waals surface area contributed by atoms with Crippen molar-refractivity contribution in [2.75, 3.05) is 13.1 Å². The number of nitrogens with zero attached hydrogens (tertiary/aromatic N) is 1. The second-order valence-electron chi connectivity index (χ2n) is 4.48. The lowest BCUT2D eigenvalue weighted by atomic mass is 9.73.